The van der Waals surface area contributed by atoms with Crippen molar-refractivity contribution in [2.75, 3.05) is 18.1 Å². The summed E-state index contributed by atoms with van der Waals surface area (Å²) < 4.78 is 4.99. The van der Waals surface area contributed by atoms with Gasteiger partial charge in [0.15, 0.2) is 0 Å². The lowest BCUT2D eigenvalue weighted by atomic mass is 10.1. The number of imide groups is 1. The third kappa shape index (κ3) is 5.35. The third-order valence-corrected chi connectivity index (χ3v) is 6.18. The minimum absolute atomic E-state index is 0.106. The predicted molar refractivity (Wildman–Crippen MR) is 136 cm³/mol. The van der Waals surface area contributed by atoms with Crippen LogP contribution in [0.15, 0.2) is 78.9 Å². The van der Waals surface area contributed by atoms with Crippen LogP contribution in [0.3, 0.4) is 0 Å². The molecule has 0 N–H and O–H groups in total. The smallest absolute Gasteiger partial charge is 0.338 e. The van der Waals surface area contributed by atoms with Gasteiger partial charge in [-0.05, 0) is 62.2 Å². The fraction of sp³-hybridized carbons (Fsp3) is 0.241. The second-order valence-corrected chi connectivity index (χ2v) is 8.65. The highest BCUT2D eigenvalue weighted by Crippen LogP contribution is 2.27. The van der Waals surface area contributed by atoms with Crippen molar-refractivity contribution in [1.82, 2.24) is 4.90 Å². The van der Waals surface area contributed by atoms with Crippen molar-refractivity contribution in [1.29, 1.82) is 0 Å². The molecule has 3 aromatic carbocycles. The Bertz CT molecular complexity index is 1250. The molecule has 0 bridgehead atoms. The number of hydrogen-bond acceptors (Lipinski definition) is 5. The first-order valence-corrected chi connectivity index (χ1v) is 11.9. The number of nitrogens with zero attached hydrogens (tertiary/aromatic N) is 2. The summed E-state index contributed by atoms with van der Waals surface area (Å²) in [6.07, 6.45) is 0.440. The zero-order valence-corrected chi connectivity index (χ0v) is 20.3. The SMILES string of the molecule is CCOC(=O)c1ccc(N2C(=O)CC(N(CCc3ccccc3)C(=O)c3ccc(C)cc3)C2=O)cc1. The molecule has 0 saturated carbocycles. The van der Waals surface area contributed by atoms with Gasteiger partial charge >= 0.3 is 5.97 Å². The van der Waals surface area contributed by atoms with Gasteiger partial charge in [-0.3, -0.25) is 14.4 Å². The minimum Gasteiger partial charge on any atom is -0.462 e. The third-order valence-electron chi connectivity index (χ3n) is 6.18. The normalized spacial score (nSPS) is 15.2. The first-order valence-electron chi connectivity index (χ1n) is 11.9. The molecule has 1 atom stereocenters. The number of amides is 3. The maximum Gasteiger partial charge on any atom is 0.338 e. The summed E-state index contributed by atoms with van der Waals surface area (Å²) >= 11 is 0. The van der Waals surface area contributed by atoms with Crippen LogP contribution in [0, 0.1) is 6.92 Å². The van der Waals surface area contributed by atoms with Crippen molar-refractivity contribution in [3.63, 3.8) is 0 Å². The van der Waals surface area contributed by atoms with Gasteiger partial charge in [-0.15, -0.1) is 0 Å². The lowest BCUT2D eigenvalue weighted by Crippen LogP contribution is -2.46. The van der Waals surface area contributed by atoms with E-state index >= 15 is 0 Å². The zero-order chi connectivity index (χ0) is 25.7. The van der Waals surface area contributed by atoms with Crippen LogP contribution in [0.5, 0.6) is 0 Å². The van der Waals surface area contributed by atoms with Gasteiger partial charge in [-0.25, -0.2) is 9.69 Å². The van der Waals surface area contributed by atoms with Gasteiger partial charge in [0.05, 0.1) is 24.3 Å². The van der Waals surface area contributed by atoms with Crippen LogP contribution in [-0.2, 0) is 20.7 Å². The highest BCUT2D eigenvalue weighted by atomic mass is 16.5. The maximum atomic E-state index is 13.5. The van der Waals surface area contributed by atoms with E-state index < -0.39 is 23.8 Å². The Labute approximate surface area is 210 Å². The second-order valence-electron chi connectivity index (χ2n) is 8.65. The van der Waals surface area contributed by atoms with Crippen molar-refractivity contribution in [2.45, 2.75) is 32.7 Å². The van der Waals surface area contributed by atoms with E-state index in [0.29, 0.717) is 23.2 Å². The largest absolute Gasteiger partial charge is 0.462 e. The van der Waals surface area contributed by atoms with E-state index in [0.717, 1.165) is 16.0 Å². The molecular formula is C29H28N2O5. The van der Waals surface area contributed by atoms with Crippen molar-refractivity contribution >= 4 is 29.4 Å². The molecular weight excluding hydrogens is 456 g/mol. The van der Waals surface area contributed by atoms with Crippen molar-refractivity contribution in [2.24, 2.45) is 0 Å². The van der Waals surface area contributed by atoms with E-state index in [-0.39, 0.29) is 25.5 Å². The van der Waals surface area contributed by atoms with E-state index in [1.807, 2.05) is 49.4 Å². The van der Waals surface area contributed by atoms with E-state index in [1.54, 1.807) is 31.2 Å². The number of carbonyl (C=O) groups excluding carboxylic acids is 4. The van der Waals surface area contributed by atoms with Gasteiger partial charge in [0.25, 0.3) is 11.8 Å². The lowest BCUT2D eigenvalue weighted by molar-refractivity contribution is -0.122. The van der Waals surface area contributed by atoms with Crippen molar-refractivity contribution in [3.8, 4) is 0 Å². The van der Waals surface area contributed by atoms with Crippen molar-refractivity contribution in [3.05, 3.63) is 101 Å². The molecule has 7 nitrogen and oxygen atoms in total. The van der Waals surface area contributed by atoms with E-state index in [2.05, 4.69) is 0 Å². The molecule has 0 aromatic heterocycles. The molecule has 0 radical (unpaired) electrons. The van der Waals surface area contributed by atoms with Crippen molar-refractivity contribution < 1.29 is 23.9 Å². The molecule has 3 aromatic rings. The van der Waals surface area contributed by atoms with Gasteiger partial charge in [0.1, 0.15) is 6.04 Å². The number of benzene rings is 3. The van der Waals surface area contributed by atoms with Crippen LogP contribution >= 0.6 is 0 Å². The number of hydrogen-bond donors (Lipinski definition) is 0. The number of anilines is 1. The average molecular weight is 485 g/mol. The summed E-state index contributed by atoms with van der Waals surface area (Å²) in [5.74, 6) is -1.62. The number of esters is 1. The van der Waals surface area contributed by atoms with Gasteiger partial charge in [0.2, 0.25) is 5.91 Å². The molecule has 36 heavy (non-hydrogen) atoms. The van der Waals surface area contributed by atoms with Crippen LogP contribution in [0.1, 0.15) is 45.2 Å². The number of rotatable bonds is 8. The maximum absolute atomic E-state index is 13.5. The predicted octanol–water partition coefficient (Wildman–Crippen LogP) is 4.19. The highest BCUT2D eigenvalue weighted by molar-refractivity contribution is 6.23. The van der Waals surface area contributed by atoms with Gasteiger partial charge in [-0.1, -0.05) is 48.0 Å². The average Bonchev–Trinajstić information content (AvgIpc) is 3.18. The Morgan fingerprint density at radius 1 is 0.917 bits per heavy atom. The molecule has 1 aliphatic heterocycles. The lowest BCUT2D eigenvalue weighted by Gasteiger charge is -2.28. The topological polar surface area (TPSA) is 84.0 Å². The molecule has 1 fully saturated rings. The Balaban J connectivity index is 1.59. The van der Waals surface area contributed by atoms with Crippen LogP contribution in [-0.4, -0.2) is 47.8 Å². The number of ether oxygens (including phenoxy) is 1. The Morgan fingerprint density at radius 3 is 2.19 bits per heavy atom. The number of aryl methyl sites for hydroxylation is 1. The second kappa shape index (κ2) is 11.0. The highest BCUT2D eigenvalue weighted by Gasteiger charge is 2.44. The standard InChI is InChI=1S/C29H28N2O5/c1-3-36-29(35)23-13-15-24(16-14-23)31-26(32)19-25(28(31)34)30(18-17-21-7-5-4-6-8-21)27(33)22-11-9-20(2)10-12-22/h4-16,25H,3,17-19H2,1-2H3. The molecule has 184 valence electrons. The van der Waals surface area contributed by atoms with E-state index in [9.17, 15) is 19.2 Å². The minimum atomic E-state index is -0.917. The summed E-state index contributed by atoms with van der Waals surface area (Å²) in [4.78, 5) is 54.6. The quantitative estimate of drug-likeness (QED) is 0.354. The summed E-state index contributed by atoms with van der Waals surface area (Å²) in [6.45, 7) is 4.19. The first-order chi connectivity index (χ1) is 17.4. The molecule has 1 saturated heterocycles. The van der Waals surface area contributed by atoms with Crippen LogP contribution in [0.4, 0.5) is 5.69 Å². The zero-order valence-electron chi connectivity index (χ0n) is 20.3. The Kier molecular flexibility index (Phi) is 7.59. The fourth-order valence-electron chi connectivity index (χ4n) is 4.25. The number of carbonyl (C=O) groups is 4. The van der Waals surface area contributed by atoms with Crippen LogP contribution in [0.2, 0.25) is 0 Å². The molecule has 0 aliphatic carbocycles. The Hall–Kier alpha value is -4.26. The molecule has 0 spiro atoms. The summed E-state index contributed by atoms with van der Waals surface area (Å²) in [6, 6.07) is 22.1. The van der Waals surface area contributed by atoms with Crippen LogP contribution in [0.25, 0.3) is 0 Å². The molecule has 1 heterocycles. The fourth-order valence-corrected chi connectivity index (χ4v) is 4.25. The molecule has 1 unspecified atom stereocenters. The molecule has 4 rings (SSSR count). The monoisotopic (exact) mass is 484 g/mol. The molecule has 3 amide bonds. The Morgan fingerprint density at radius 2 is 1.56 bits per heavy atom. The summed E-state index contributed by atoms with van der Waals surface area (Å²) in [5.41, 5.74) is 3.20. The summed E-state index contributed by atoms with van der Waals surface area (Å²) in [7, 11) is 0. The first kappa shape index (κ1) is 24.9. The van der Waals surface area contributed by atoms with Crippen LogP contribution < -0.4 is 4.90 Å². The molecule has 1 aliphatic rings. The van der Waals surface area contributed by atoms with Gasteiger partial charge in [-0.2, -0.15) is 0 Å². The van der Waals surface area contributed by atoms with E-state index in [1.165, 1.54) is 17.0 Å². The van der Waals surface area contributed by atoms with Gasteiger partial charge < -0.3 is 9.64 Å². The molecule has 7 heteroatoms. The summed E-state index contributed by atoms with van der Waals surface area (Å²) in [5, 5.41) is 0. The van der Waals surface area contributed by atoms with Gasteiger partial charge in [0, 0.05) is 12.1 Å². The van der Waals surface area contributed by atoms with E-state index in [4.69, 9.17) is 4.74 Å².